The molecule has 2 saturated carbocycles. The Balaban J connectivity index is 1.50. The minimum absolute atomic E-state index is 0.136. The maximum absolute atomic E-state index is 12.6. The van der Waals surface area contributed by atoms with Crippen molar-refractivity contribution >= 4 is 5.91 Å². The highest BCUT2D eigenvalue weighted by Gasteiger charge is 2.42. The van der Waals surface area contributed by atoms with Crippen LogP contribution in [0, 0.1) is 23.7 Å². The second kappa shape index (κ2) is 6.48. The molecule has 22 heavy (non-hydrogen) atoms. The third kappa shape index (κ3) is 3.18. The third-order valence-corrected chi connectivity index (χ3v) is 6.68. The van der Waals surface area contributed by atoms with E-state index in [4.69, 9.17) is 0 Å². The van der Waals surface area contributed by atoms with Crippen LogP contribution in [0.25, 0.3) is 0 Å². The smallest absolute Gasteiger partial charge is 0.237 e. The van der Waals surface area contributed by atoms with Crippen molar-refractivity contribution in [1.29, 1.82) is 0 Å². The summed E-state index contributed by atoms with van der Waals surface area (Å²) in [6, 6.07) is 0.155. The monoisotopic (exact) mass is 308 g/mol. The number of fused-ring (bicyclic) bond motifs is 2. The van der Waals surface area contributed by atoms with Crippen molar-refractivity contribution in [3.05, 3.63) is 0 Å². The first kappa shape index (κ1) is 16.3. The molecule has 2 bridgehead atoms. The Morgan fingerprint density at radius 1 is 1.23 bits per heavy atom. The first-order chi connectivity index (χ1) is 10.5. The summed E-state index contributed by atoms with van der Waals surface area (Å²) in [4.78, 5) is 14.7. The van der Waals surface area contributed by atoms with Crippen LogP contribution in [-0.4, -0.2) is 47.2 Å². The first-order valence-corrected chi connectivity index (χ1v) is 9.18. The summed E-state index contributed by atoms with van der Waals surface area (Å²) in [5.41, 5.74) is 0. The lowest BCUT2D eigenvalue weighted by molar-refractivity contribution is -0.128. The van der Waals surface area contributed by atoms with E-state index in [1.807, 2.05) is 6.92 Å². The number of aliphatic hydroxyl groups is 1. The molecule has 0 aromatic rings. The van der Waals surface area contributed by atoms with Gasteiger partial charge in [0, 0.05) is 12.6 Å². The van der Waals surface area contributed by atoms with Crippen LogP contribution in [0.1, 0.15) is 52.9 Å². The van der Waals surface area contributed by atoms with Gasteiger partial charge in [-0.15, -0.1) is 0 Å². The predicted molar refractivity (Wildman–Crippen MR) is 87.4 cm³/mol. The summed E-state index contributed by atoms with van der Waals surface area (Å²) in [5.74, 6) is 2.93. The highest BCUT2D eigenvalue weighted by molar-refractivity contribution is 5.81. The number of hydrogen-bond donors (Lipinski definition) is 2. The van der Waals surface area contributed by atoms with Crippen LogP contribution >= 0.6 is 0 Å². The van der Waals surface area contributed by atoms with Gasteiger partial charge in [0.2, 0.25) is 5.91 Å². The molecule has 3 rings (SSSR count). The lowest BCUT2D eigenvalue weighted by atomic mass is 9.84. The second-order valence-electron chi connectivity index (χ2n) is 8.14. The minimum Gasteiger partial charge on any atom is -0.392 e. The number of nitrogens with one attached hydrogen (secondary N) is 1. The van der Waals surface area contributed by atoms with Crippen LogP contribution in [0.3, 0.4) is 0 Å². The zero-order chi connectivity index (χ0) is 15.9. The zero-order valence-corrected chi connectivity index (χ0v) is 14.3. The molecule has 7 atom stereocenters. The summed E-state index contributed by atoms with van der Waals surface area (Å²) in [7, 11) is 0. The Bertz CT molecular complexity index is 414. The van der Waals surface area contributed by atoms with Crippen LogP contribution < -0.4 is 5.32 Å². The number of piperidine rings is 1. The third-order valence-electron chi connectivity index (χ3n) is 6.68. The first-order valence-electron chi connectivity index (χ1n) is 9.18. The molecular weight excluding hydrogens is 276 g/mol. The maximum Gasteiger partial charge on any atom is 0.237 e. The van der Waals surface area contributed by atoms with E-state index in [1.54, 1.807) is 0 Å². The maximum atomic E-state index is 12.6. The van der Waals surface area contributed by atoms with E-state index >= 15 is 0 Å². The highest BCUT2D eigenvalue weighted by Crippen LogP contribution is 2.49. The van der Waals surface area contributed by atoms with Gasteiger partial charge in [0.1, 0.15) is 0 Å². The average Bonchev–Trinajstić information content (AvgIpc) is 3.12. The molecule has 0 aromatic heterocycles. The van der Waals surface area contributed by atoms with Crippen LogP contribution in [-0.2, 0) is 4.79 Å². The highest BCUT2D eigenvalue weighted by atomic mass is 16.3. The molecule has 1 aliphatic heterocycles. The van der Waals surface area contributed by atoms with Gasteiger partial charge in [-0.05, 0) is 69.7 Å². The molecule has 0 aromatic carbocycles. The van der Waals surface area contributed by atoms with Crippen LogP contribution in [0.15, 0.2) is 0 Å². The van der Waals surface area contributed by atoms with Crippen molar-refractivity contribution < 1.29 is 9.90 Å². The van der Waals surface area contributed by atoms with Gasteiger partial charge in [0.25, 0.3) is 0 Å². The number of carbonyl (C=O) groups excluding carboxylic acids is 1. The molecule has 3 aliphatic rings. The van der Waals surface area contributed by atoms with E-state index < -0.39 is 0 Å². The molecule has 2 N–H and O–H groups in total. The molecule has 126 valence electrons. The standard InChI is InChI=1S/C18H32N2O2/c1-11-6-7-20(10-17(11)21)13(3)18(22)19-12(2)16-9-14-4-5-15(16)8-14/h11-17,21H,4-10H2,1-3H3,(H,19,22). The fourth-order valence-corrected chi connectivity index (χ4v) is 4.95. The number of carbonyl (C=O) groups is 1. The Labute approximate surface area is 134 Å². The Kier molecular flexibility index (Phi) is 4.79. The molecule has 0 spiro atoms. The van der Waals surface area contributed by atoms with Crippen molar-refractivity contribution in [2.45, 2.75) is 71.1 Å². The van der Waals surface area contributed by atoms with E-state index in [-0.39, 0.29) is 18.1 Å². The number of β-amino-alcohol motifs (C(OH)–C–C–N with tert-alkyl or cyclic N) is 1. The van der Waals surface area contributed by atoms with Gasteiger partial charge >= 0.3 is 0 Å². The van der Waals surface area contributed by atoms with E-state index in [9.17, 15) is 9.90 Å². The van der Waals surface area contributed by atoms with Gasteiger partial charge in [-0.2, -0.15) is 0 Å². The molecule has 1 saturated heterocycles. The largest absolute Gasteiger partial charge is 0.392 e. The number of rotatable bonds is 4. The molecule has 2 aliphatic carbocycles. The quantitative estimate of drug-likeness (QED) is 0.835. The number of aliphatic hydroxyl groups excluding tert-OH is 1. The van der Waals surface area contributed by atoms with Crippen LogP contribution in [0.4, 0.5) is 0 Å². The normalized spacial score (nSPS) is 41.4. The molecular formula is C18H32N2O2. The van der Waals surface area contributed by atoms with Crippen molar-refractivity contribution in [3.63, 3.8) is 0 Å². The van der Waals surface area contributed by atoms with E-state index in [0.717, 1.165) is 24.8 Å². The van der Waals surface area contributed by atoms with E-state index in [0.29, 0.717) is 24.4 Å². The van der Waals surface area contributed by atoms with Crippen LogP contribution in [0.2, 0.25) is 0 Å². The molecule has 1 amide bonds. The minimum atomic E-state index is -0.299. The predicted octanol–water partition coefficient (Wildman–Crippen LogP) is 2.02. The van der Waals surface area contributed by atoms with Gasteiger partial charge in [-0.1, -0.05) is 13.3 Å². The molecule has 4 heteroatoms. The summed E-state index contributed by atoms with van der Waals surface area (Å²) < 4.78 is 0. The van der Waals surface area contributed by atoms with Gasteiger partial charge in [0.05, 0.1) is 12.1 Å². The summed E-state index contributed by atoms with van der Waals surface area (Å²) in [6.07, 6.45) is 6.13. The Hall–Kier alpha value is -0.610. The molecule has 1 heterocycles. The SMILES string of the molecule is CC1CCN(C(C)C(=O)NC(C)C2CC3CCC2C3)CC1O. The van der Waals surface area contributed by atoms with Gasteiger partial charge in [0.15, 0.2) is 0 Å². The number of likely N-dealkylation sites (tertiary alicyclic amines) is 1. The fourth-order valence-electron chi connectivity index (χ4n) is 4.95. The van der Waals surface area contributed by atoms with Gasteiger partial charge in [-0.3, -0.25) is 9.69 Å². The lowest BCUT2D eigenvalue weighted by Gasteiger charge is -2.38. The molecule has 3 fully saturated rings. The number of amides is 1. The number of nitrogens with zero attached hydrogens (tertiary/aromatic N) is 1. The Morgan fingerprint density at radius 2 is 2.00 bits per heavy atom. The molecule has 7 unspecified atom stereocenters. The topological polar surface area (TPSA) is 52.6 Å². The van der Waals surface area contributed by atoms with E-state index in [1.165, 1.54) is 25.7 Å². The molecule has 0 radical (unpaired) electrons. The van der Waals surface area contributed by atoms with Crippen molar-refractivity contribution in [1.82, 2.24) is 10.2 Å². The van der Waals surface area contributed by atoms with Crippen molar-refractivity contribution in [3.8, 4) is 0 Å². The van der Waals surface area contributed by atoms with E-state index in [2.05, 4.69) is 24.1 Å². The second-order valence-corrected chi connectivity index (χ2v) is 8.14. The van der Waals surface area contributed by atoms with Crippen LogP contribution in [0.5, 0.6) is 0 Å². The summed E-state index contributed by atoms with van der Waals surface area (Å²) in [5, 5.41) is 13.3. The number of hydrogen-bond acceptors (Lipinski definition) is 3. The summed E-state index contributed by atoms with van der Waals surface area (Å²) in [6.45, 7) is 7.78. The Morgan fingerprint density at radius 3 is 2.59 bits per heavy atom. The van der Waals surface area contributed by atoms with Crippen molar-refractivity contribution in [2.75, 3.05) is 13.1 Å². The van der Waals surface area contributed by atoms with Gasteiger partial charge < -0.3 is 10.4 Å². The lowest BCUT2D eigenvalue weighted by Crippen LogP contribution is -2.54. The fraction of sp³-hybridized carbons (Fsp3) is 0.944. The zero-order valence-electron chi connectivity index (χ0n) is 14.3. The van der Waals surface area contributed by atoms with Gasteiger partial charge in [-0.25, -0.2) is 0 Å². The average molecular weight is 308 g/mol. The summed E-state index contributed by atoms with van der Waals surface area (Å²) >= 11 is 0. The molecule has 4 nitrogen and oxygen atoms in total. The van der Waals surface area contributed by atoms with Crippen molar-refractivity contribution in [2.24, 2.45) is 23.7 Å².